The van der Waals surface area contributed by atoms with E-state index in [1.54, 1.807) is 11.8 Å². The zero-order valence-corrected chi connectivity index (χ0v) is 18.7. The van der Waals surface area contributed by atoms with Gasteiger partial charge in [0.1, 0.15) is 5.75 Å². The van der Waals surface area contributed by atoms with Crippen molar-refractivity contribution in [3.63, 3.8) is 0 Å². The van der Waals surface area contributed by atoms with Gasteiger partial charge in [0.2, 0.25) is 11.0 Å². The van der Waals surface area contributed by atoms with Crippen molar-refractivity contribution in [1.29, 1.82) is 0 Å². The summed E-state index contributed by atoms with van der Waals surface area (Å²) < 4.78 is 7.59. The first kappa shape index (κ1) is 21.2. The summed E-state index contributed by atoms with van der Waals surface area (Å²) in [5, 5.41) is 11.3. The Morgan fingerprint density at radius 1 is 1.35 bits per heavy atom. The number of hydrogen-bond acceptors (Lipinski definition) is 6. The Bertz CT molecular complexity index is 744. The Morgan fingerprint density at radius 3 is 2.77 bits per heavy atom. The second-order valence-corrected chi connectivity index (χ2v) is 10.0. The van der Waals surface area contributed by atoms with Crippen LogP contribution in [-0.4, -0.2) is 28.5 Å². The van der Waals surface area contributed by atoms with E-state index in [1.165, 1.54) is 16.9 Å². The van der Waals surface area contributed by atoms with Gasteiger partial charge < -0.3 is 10.1 Å². The minimum absolute atomic E-state index is 0.0695. The quantitative estimate of drug-likeness (QED) is 0.321. The van der Waals surface area contributed by atoms with Crippen LogP contribution < -0.4 is 10.1 Å². The molecule has 2 rings (SSSR count). The summed E-state index contributed by atoms with van der Waals surface area (Å²) in [6.07, 6.45) is 1.02. The molecule has 1 amide bonds. The Morgan fingerprint density at radius 2 is 2.12 bits per heavy atom. The lowest BCUT2D eigenvalue weighted by atomic mass is 9.87. The number of nitrogens with zero attached hydrogens (tertiary/aromatic N) is 2. The highest BCUT2D eigenvalue weighted by molar-refractivity contribution is 9.10. The lowest BCUT2D eigenvalue weighted by molar-refractivity contribution is -0.116. The SMILES string of the molecule is CCSc1nnc(NC(=O)CCCOc2ccc(C(C)(C)C)cc2Br)s1. The molecule has 0 radical (unpaired) electrons. The van der Waals surface area contributed by atoms with Gasteiger partial charge in [-0.1, -0.05) is 56.9 Å². The van der Waals surface area contributed by atoms with Crippen molar-refractivity contribution in [2.45, 2.75) is 50.3 Å². The first-order valence-corrected chi connectivity index (χ1v) is 11.1. The molecule has 0 aliphatic heterocycles. The zero-order valence-electron chi connectivity index (χ0n) is 15.5. The minimum atomic E-state index is -0.0695. The van der Waals surface area contributed by atoms with E-state index in [-0.39, 0.29) is 11.3 Å². The number of rotatable bonds is 8. The predicted octanol–water partition coefficient (Wildman–Crippen LogP) is 5.51. The number of amides is 1. The van der Waals surface area contributed by atoms with E-state index >= 15 is 0 Å². The topological polar surface area (TPSA) is 64.1 Å². The van der Waals surface area contributed by atoms with E-state index in [0.29, 0.717) is 24.6 Å². The van der Waals surface area contributed by atoms with Crippen LogP contribution in [0, 0.1) is 0 Å². The van der Waals surface area contributed by atoms with E-state index in [4.69, 9.17) is 4.74 Å². The Hall–Kier alpha value is -1.12. The molecule has 0 bridgehead atoms. The standard InChI is InChI=1S/C18H24BrN3O2S2/c1-5-25-17-22-21-16(26-17)20-15(23)7-6-10-24-14-9-8-12(11-13(14)19)18(2,3)4/h8-9,11H,5-7,10H2,1-4H3,(H,20,21,23). The van der Waals surface area contributed by atoms with E-state index < -0.39 is 0 Å². The summed E-state index contributed by atoms with van der Waals surface area (Å²) in [4.78, 5) is 12.0. The van der Waals surface area contributed by atoms with Crippen LogP contribution in [0.3, 0.4) is 0 Å². The van der Waals surface area contributed by atoms with Gasteiger partial charge in [0.05, 0.1) is 11.1 Å². The molecule has 0 saturated carbocycles. The molecule has 0 unspecified atom stereocenters. The molecule has 0 saturated heterocycles. The van der Waals surface area contributed by atoms with Crippen LogP contribution in [0.15, 0.2) is 27.0 Å². The summed E-state index contributed by atoms with van der Waals surface area (Å²) in [6, 6.07) is 6.14. The molecule has 8 heteroatoms. The molecular weight excluding hydrogens is 434 g/mol. The van der Waals surface area contributed by atoms with Crippen molar-refractivity contribution in [3.05, 3.63) is 28.2 Å². The van der Waals surface area contributed by atoms with Crippen molar-refractivity contribution in [1.82, 2.24) is 10.2 Å². The van der Waals surface area contributed by atoms with E-state index in [2.05, 4.69) is 71.3 Å². The number of anilines is 1. The Labute approximate surface area is 171 Å². The number of nitrogens with one attached hydrogen (secondary N) is 1. The van der Waals surface area contributed by atoms with Crippen LogP contribution in [-0.2, 0) is 10.2 Å². The highest BCUT2D eigenvalue weighted by Gasteiger charge is 2.15. The van der Waals surface area contributed by atoms with Gasteiger partial charge >= 0.3 is 0 Å². The zero-order chi connectivity index (χ0) is 19.2. The Kier molecular flexibility index (Phi) is 7.91. The van der Waals surface area contributed by atoms with Gasteiger partial charge in [-0.2, -0.15) is 0 Å². The van der Waals surface area contributed by atoms with Crippen molar-refractivity contribution in [3.8, 4) is 5.75 Å². The fraction of sp³-hybridized carbons (Fsp3) is 0.500. The molecule has 1 aromatic heterocycles. The summed E-state index contributed by atoms with van der Waals surface area (Å²) in [7, 11) is 0. The van der Waals surface area contributed by atoms with Gasteiger partial charge in [0, 0.05) is 6.42 Å². The maximum absolute atomic E-state index is 12.0. The second kappa shape index (κ2) is 9.71. The average molecular weight is 458 g/mol. The van der Waals surface area contributed by atoms with Crippen LogP contribution >= 0.6 is 39.0 Å². The molecule has 0 spiro atoms. The van der Waals surface area contributed by atoms with Crippen LogP contribution in [0.1, 0.15) is 46.1 Å². The molecule has 0 aliphatic rings. The lowest BCUT2D eigenvalue weighted by Gasteiger charge is -2.20. The largest absolute Gasteiger partial charge is 0.492 e. The molecule has 142 valence electrons. The maximum Gasteiger partial charge on any atom is 0.226 e. The minimum Gasteiger partial charge on any atom is -0.492 e. The summed E-state index contributed by atoms with van der Waals surface area (Å²) in [5.74, 6) is 1.66. The smallest absolute Gasteiger partial charge is 0.226 e. The highest BCUT2D eigenvalue weighted by atomic mass is 79.9. The number of halogens is 1. The monoisotopic (exact) mass is 457 g/mol. The molecule has 1 aromatic carbocycles. The average Bonchev–Trinajstić information content (AvgIpc) is 2.99. The third kappa shape index (κ3) is 6.55. The van der Waals surface area contributed by atoms with Gasteiger partial charge in [-0.15, -0.1) is 10.2 Å². The number of thioether (sulfide) groups is 1. The van der Waals surface area contributed by atoms with Crippen LogP contribution in [0.4, 0.5) is 5.13 Å². The number of carbonyl (C=O) groups excluding carboxylic acids is 1. The number of carbonyl (C=O) groups is 1. The second-order valence-electron chi connectivity index (χ2n) is 6.70. The van der Waals surface area contributed by atoms with Crippen molar-refractivity contribution in [2.75, 3.05) is 17.7 Å². The number of ether oxygens (including phenoxy) is 1. The number of benzene rings is 1. The fourth-order valence-corrected chi connectivity index (χ4v) is 4.28. The van der Waals surface area contributed by atoms with E-state index in [1.807, 2.05) is 6.07 Å². The highest BCUT2D eigenvalue weighted by Crippen LogP contribution is 2.31. The predicted molar refractivity (Wildman–Crippen MR) is 113 cm³/mol. The molecular formula is C18H24BrN3O2S2. The number of aromatic nitrogens is 2. The van der Waals surface area contributed by atoms with Crippen LogP contribution in [0.2, 0.25) is 0 Å². The lowest BCUT2D eigenvalue weighted by Crippen LogP contribution is -2.13. The molecule has 0 atom stereocenters. The molecule has 26 heavy (non-hydrogen) atoms. The summed E-state index contributed by atoms with van der Waals surface area (Å²) >= 11 is 6.57. The normalized spacial score (nSPS) is 11.4. The summed E-state index contributed by atoms with van der Waals surface area (Å²) in [6.45, 7) is 9.06. The summed E-state index contributed by atoms with van der Waals surface area (Å²) in [5.41, 5.74) is 1.34. The van der Waals surface area contributed by atoms with Crippen molar-refractivity contribution in [2.24, 2.45) is 0 Å². The Balaban J connectivity index is 1.75. The fourth-order valence-electron chi connectivity index (χ4n) is 2.12. The molecule has 1 N–H and O–H groups in total. The number of hydrogen-bond donors (Lipinski definition) is 1. The van der Waals surface area contributed by atoms with Gasteiger partial charge in [0.15, 0.2) is 4.34 Å². The first-order valence-electron chi connectivity index (χ1n) is 8.48. The third-order valence-electron chi connectivity index (χ3n) is 3.52. The van der Waals surface area contributed by atoms with Gasteiger partial charge in [-0.3, -0.25) is 4.79 Å². The van der Waals surface area contributed by atoms with Crippen molar-refractivity contribution < 1.29 is 9.53 Å². The van der Waals surface area contributed by atoms with Gasteiger partial charge in [-0.25, -0.2) is 0 Å². The third-order valence-corrected chi connectivity index (χ3v) is 6.00. The van der Waals surface area contributed by atoms with E-state index in [0.717, 1.165) is 20.3 Å². The molecule has 0 aliphatic carbocycles. The van der Waals surface area contributed by atoms with Crippen LogP contribution in [0.25, 0.3) is 0 Å². The molecule has 5 nitrogen and oxygen atoms in total. The maximum atomic E-state index is 12.0. The molecule has 0 fully saturated rings. The molecule has 1 heterocycles. The first-order chi connectivity index (χ1) is 12.3. The van der Waals surface area contributed by atoms with E-state index in [9.17, 15) is 4.79 Å². The van der Waals surface area contributed by atoms with Gasteiger partial charge in [-0.05, 0) is 51.2 Å². The van der Waals surface area contributed by atoms with Gasteiger partial charge in [0.25, 0.3) is 0 Å². The molecule has 2 aromatic rings. The van der Waals surface area contributed by atoms with Crippen molar-refractivity contribution >= 4 is 50.1 Å². The van der Waals surface area contributed by atoms with Crippen LogP contribution in [0.5, 0.6) is 5.75 Å².